The lowest BCUT2D eigenvalue weighted by Gasteiger charge is -2.36. The molecule has 1 fully saturated rings. The van der Waals surface area contributed by atoms with Gasteiger partial charge in [0, 0.05) is 13.1 Å². The molecule has 2 aliphatic rings. The number of hydrogen-bond donors (Lipinski definition) is 1. The van der Waals surface area contributed by atoms with Gasteiger partial charge in [0.25, 0.3) is 0 Å². The van der Waals surface area contributed by atoms with Crippen molar-refractivity contribution in [2.24, 2.45) is 5.73 Å². The first-order valence-corrected chi connectivity index (χ1v) is 14.0. The number of carbonyl (C=O) groups excluding carboxylic acids is 2. The van der Waals surface area contributed by atoms with Crippen LogP contribution in [0.25, 0.3) is 0 Å². The van der Waals surface area contributed by atoms with Crippen LogP contribution in [0.2, 0.25) is 0 Å². The van der Waals surface area contributed by atoms with E-state index in [0.29, 0.717) is 18.7 Å². The van der Waals surface area contributed by atoms with Gasteiger partial charge in [-0.25, -0.2) is 18.0 Å². The highest BCUT2D eigenvalue weighted by Crippen LogP contribution is 2.45. The van der Waals surface area contributed by atoms with E-state index < -0.39 is 27.9 Å². The number of piperidine rings is 1. The van der Waals surface area contributed by atoms with Crippen molar-refractivity contribution in [3.05, 3.63) is 76.8 Å². The number of sulfonamides is 1. The molecule has 1 unspecified atom stereocenters. The van der Waals surface area contributed by atoms with Crippen LogP contribution in [0, 0.1) is 11.3 Å². The molecule has 2 N–H and O–H groups in total. The lowest BCUT2D eigenvalue weighted by atomic mass is 9.81. The minimum atomic E-state index is -3.91. The number of rotatable bonds is 7. The maximum atomic E-state index is 13.5. The van der Waals surface area contributed by atoms with Gasteiger partial charge < -0.3 is 19.9 Å². The van der Waals surface area contributed by atoms with Crippen LogP contribution in [0.1, 0.15) is 30.7 Å². The zero-order valence-corrected chi connectivity index (χ0v) is 23.2. The Bertz CT molecular complexity index is 1520. The Morgan fingerprint density at radius 1 is 0.975 bits per heavy atom. The fourth-order valence-corrected chi connectivity index (χ4v) is 6.56. The average Bonchev–Trinajstić information content (AvgIpc) is 3.00. The number of hydrogen-bond acceptors (Lipinski definition) is 10. The number of benzene rings is 2. The molecule has 2 aromatic rings. The smallest absolute Gasteiger partial charge is 0.355 e. The zero-order valence-electron chi connectivity index (χ0n) is 22.4. The molecule has 40 heavy (non-hydrogen) atoms. The summed E-state index contributed by atoms with van der Waals surface area (Å²) in [5.41, 5.74) is 6.54. The number of allylic oxidation sites excluding steroid dienone is 1. The summed E-state index contributed by atoms with van der Waals surface area (Å²) < 4.78 is 44.1. The van der Waals surface area contributed by atoms with E-state index in [4.69, 9.17) is 19.9 Å². The Morgan fingerprint density at radius 3 is 2.20 bits per heavy atom. The van der Waals surface area contributed by atoms with Gasteiger partial charge in [-0.3, -0.25) is 4.90 Å². The van der Waals surface area contributed by atoms with Crippen LogP contribution in [0.3, 0.4) is 0 Å². The molecular weight excluding hydrogens is 536 g/mol. The molecule has 210 valence electrons. The van der Waals surface area contributed by atoms with Crippen molar-refractivity contribution >= 4 is 27.6 Å². The SMILES string of the molecule is COC(=O)C1=C(C(=O)OC)N(c2cc(S(=O)(=O)N3CCCCC3)ccc2OC)C(N)=C(C#N)C1c1ccccc1. The molecule has 0 spiro atoms. The normalized spacial score (nSPS) is 18.2. The average molecular weight is 567 g/mol. The monoisotopic (exact) mass is 566 g/mol. The van der Waals surface area contributed by atoms with Gasteiger partial charge in [-0.2, -0.15) is 9.57 Å². The lowest BCUT2D eigenvalue weighted by molar-refractivity contribution is -0.139. The first-order valence-electron chi connectivity index (χ1n) is 12.5. The largest absolute Gasteiger partial charge is 0.495 e. The third-order valence-corrected chi connectivity index (χ3v) is 8.85. The van der Waals surface area contributed by atoms with Gasteiger partial charge in [-0.15, -0.1) is 0 Å². The van der Waals surface area contributed by atoms with Crippen LogP contribution in [0.4, 0.5) is 5.69 Å². The van der Waals surface area contributed by atoms with Crippen molar-refractivity contribution in [1.82, 2.24) is 4.31 Å². The second-order valence-electron chi connectivity index (χ2n) is 9.13. The highest BCUT2D eigenvalue weighted by molar-refractivity contribution is 7.89. The molecule has 4 rings (SSSR count). The van der Waals surface area contributed by atoms with Gasteiger partial charge in [0.05, 0.1) is 55.0 Å². The number of anilines is 1. The molecule has 2 heterocycles. The number of ether oxygens (including phenoxy) is 3. The number of nitriles is 1. The van der Waals surface area contributed by atoms with E-state index in [1.165, 1.54) is 29.6 Å². The van der Waals surface area contributed by atoms with E-state index in [1.807, 2.05) is 0 Å². The van der Waals surface area contributed by atoms with E-state index in [1.54, 1.807) is 30.3 Å². The first kappa shape index (κ1) is 28.7. The van der Waals surface area contributed by atoms with Gasteiger partial charge in [-0.1, -0.05) is 36.8 Å². The number of methoxy groups -OCH3 is 3. The quantitative estimate of drug-likeness (QED) is 0.495. The maximum absolute atomic E-state index is 13.5. The molecule has 12 heteroatoms. The van der Waals surface area contributed by atoms with Gasteiger partial charge in [-0.05, 0) is 36.6 Å². The topological polar surface area (TPSA) is 152 Å². The molecule has 0 radical (unpaired) electrons. The fourth-order valence-electron chi connectivity index (χ4n) is 5.02. The summed E-state index contributed by atoms with van der Waals surface area (Å²) in [5, 5.41) is 10.3. The van der Waals surface area contributed by atoms with Crippen molar-refractivity contribution < 1.29 is 32.2 Å². The highest BCUT2D eigenvalue weighted by Gasteiger charge is 2.44. The lowest BCUT2D eigenvalue weighted by Crippen LogP contribution is -2.41. The van der Waals surface area contributed by atoms with Crippen LogP contribution in [0.5, 0.6) is 5.75 Å². The second kappa shape index (κ2) is 11.8. The Labute approximate surface area is 233 Å². The van der Waals surface area contributed by atoms with Crippen molar-refractivity contribution in [1.29, 1.82) is 5.26 Å². The molecule has 1 saturated heterocycles. The summed E-state index contributed by atoms with van der Waals surface area (Å²) in [6.45, 7) is 0.763. The third kappa shape index (κ3) is 5.01. The van der Waals surface area contributed by atoms with E-state index in [0.717, 1.165) is 38.4 Å². The standard InChI is InChI=1S/C28H30N4O7S/c1-37-22-13-12-19(40(35,36)31-14-8-5-9-15-31)16-21(22)32-25(28(34)39-3)24(27(33)38-2)23(20(17-29)26(32)30)18-10-6-4-7-11-18/h4,6-7,10-13,16,23H,5,8-9,14-15,30H2,1-3H3. The minimum absolute atomic E-state index is 0.0270. The zero-order chi connectivity index (χ0) is 29.0. The van der Waals surface area contributed by atoms with E-state index >= 15 is 0 Å². The van der Waals surface area contributed by atoms with Crippen LogP contribution in [-0.2, 0) is 29.1 Å². The van der Waals surface area contributed by atoms with Crippen LogP contribution >= 0.6 is 0 Å². The first-order chi connectivity index (χ1) is 19.2. The van der Waals surface area contributed by atoms with Crippen molar-refractivity contribution in [3.63, 3.8) is 0 Å². The third-order valence-electron chi connectivity index (χ3n) is 6.95. The number of nitrogens with two attached hydrogens (primary N) is 1. The second-order valence-corrected chi connectivity index (χ2v) is 11.1. The van der Waals surface area contributed by atoms with Crippen LogP contribution < -0.4 is 15.4 Å². The van der Waals surface area contributed by atoms with Gasteiger partial charge >= 0.3 is 11.9 Å². The van der Waals surface area contributed by atoms with Crippen molar-refractivity contribution in [2.75, 3.05) is 39.3 Å². The van der Waals surface area contributed by atoms with Crippen molar-refractivity contribution in [3.8, 4) is 11.8 Å². The Hall–Kier alpha value is -4.34. The number of esters is 2. The number of nitrogens with zero attached hydrogens (tertiary/aromatic N) is 3. The summed E-state index contributed by atoms with van der Waals surface area (Å²) in [6, 6.07) is 14.8. The molecule has 2 aliphatic heterocycles. The summed E-state index contributed by atoms with van der Waals surface area (Å²) in [7, 11) is -0.265. The predicted molar refractivity (Wildman–Crippen MR) is 145 cm³/mol. The van der Waals surface area contributed by atoms with Gasteiger partial charge in [0.2, 0.25) is 10.0 Å². The Balaban J connectivity index is 2.04. The predicted octanol–water partition coefficient (Wildman–Crippen LogP) is 2.77. The summed E-state index contributed by atoms with van der Waals surface area (Å²) in [5.74, 6) is -2.96. The van der Waals surface area contributed by atoms with Gasteiger partial charge in [0.15, 0.2) is 0 Å². The molecule has 0 aliphatic carbocycles. The van der Waals surface area contributed by atoms with E-state index in [-0.39, 0.29) is 39.0 Å². The summed E-state index contributed by atoms with van der Waals surface area (Å²) in [4.78, 5) is 27.7. The van der Waals surface area contributed by atoms with E-state index in [9.17, 15) is 23.3 Å². The number of carbonyl (C=O) groups is 2. The van der Waals surface area contributed by atoms with Crippen LogP contribution in [0.15, 0.2) is 76.1 Å². The Morgan fingerprint density at radius 2 is 1.62 bits per heavy atom. The summed E-state index contributed by atoms with van der Waals surface area (Å²) >= 11 is 0. The fraction of sp³-hybridized carbons (Fsp3) is 0.321. The van der Waals surface area contributed by atoms with E-state index in [2.05, 4.69) is 6.07 Å². The van der Waals surface area contributed by atoms with Gasteiger partial charge in [0.1, 0.15) is 17.3 Å². The summed E-state index contributed by atoms with van der Waals surface area (Å²) in [6.07, 6.45) is 2.43. The molecule has 1 atom stereocenters. The molecule has 0 bridgehead atoms. The molecule has 2 aromatic carbocycles. The molecular formula is C28H30N4O7S. The van der Waals surface area contributed by atoms with Crippen molar-refractivity contribution in [2.45, 2.75) is 30.1 Å². The molecule has 0 aromatic heterocycles. The minimum Gasteiger partial charge on any atom is -0.495 e. The highest BCUT2D eigenvalue weighted by atomic mass is 32.2. The maximum Gasteiger partial charge on any atom is 0.355 e. The molecule has 0 saturated carbocycles. The Kier molecular flexibility index (Phi) is 8.46. The van der Waals surface area contributed by atoms with Crippen LogP contribution in [-0.4, -0.2) is 59.1 Å². The molecule has 11 nitrogen and oxygen atoms in total. The molecule has 0 amide bonds.